The summed E-state index contributed by atoms with van der Waals surface area (Å²) in [5, 5.41) is 28.9. The Labute approximate surface area is 216 Å². The normalized spacial score (nSPS) is 22.9. The van der Waals surface area contributed by atoms with E-state index in [1.807, 2.05) is 36.2 Å². The number of urea groups is 1. The number of piperidine rings is 1. The van der Waals surface area contributed by atoms with Gasteiger partial charge in [-0.05, 0) is 76.1 Å². The maximum absolute atomic E-state index is 13.3. The molecule has 4 N–H and O–H groups in total. The summed E-state index contributed by atoms with van der Waals surface area (Å²) in [4.78, 5) is 15.2. The number of nitrogens with one attached hydrogen (secondary N) is 2. The molecule has 2 amide bonds. The van der Waals surface area contributed by atoms with Crippen LogP contribution in [0.1, 0.15) is 83.1 Å². The summed E-state index contributed by atoms with van der Waals surface area (Å²) < 4.78 is 0. The van der Waals surface area contributed by atoms with Crippen LogP contribution < -0.4 is 10.6 Å². The van der Waals surface area contributed by atoms with Crippen molar-refractivity contribution in [3.05, 3.63) is 34.9 Å². The monoisotopic (exact) mass is 507 g/mol. The van der Waals surface area contributed by atoms with Gasteiger partial charge in [0, 0.05) is 36.6 Å². The minimum absolute atomic E-state index is 0.0248. The van der Waals surface area contributed by atoms with Gasteiger partial charge in [0.05, 0.1) is 11.7 Å². The zero-order valence-electron chi connectivity index (χ0n) is 21.6. The average molecular weight is 508 g/mol. The highest BCUT2D eigenvalue weighted by Crippen LogP contribution is 2.40. The van der Waals surface area contributed by atoms with Crippen molar-refractivity contribution in [1.29, 1.82) is 0 Å². The van der Waals surface area contributed by atoms with Crippen LogP contribution in [-0.2, 0) is 5.60 Å². The van der Waals surface area contributed by atoms with Crippen LogP contribution in [0.5, 0.6) is 0 Å². The maximum atomic E-state index is 13.3. The van der Waals surface area contributed by atoms with Gasteiger partial charge in [-0.25, -0.2) is 4.79 Å². The molecule has 4 atom stereocenters. The molecular weight excluding hydrogens is 462 g/mol. The highest BCUT2D eigenvalue weighted by molar-refractivity contribution is 6.30. The Balaban J connectivity index is 1.69. The highest BCUT2D eigenvalue weighted by atomic mass is 35.5. The Morgan fingerprint density at radius 3 is 2.69 bits per heavy atom. The van der Waals surface area contributed by atoms with Gasteiger partial charge in [0.2, 0.25) is 0 Å². The summed E-state index contributed by atoms with van der Waals surface area (Å²) in [6.07, 6.45) is 10.7. The Morgan fingerprint density at radius 2 is 2.00 bits per heavy atom. The molecule has 1 aliphatic carbocycles. The molecule has 2 aliphatic rings. The van der Waals surface area contributed by atoms with Crippen molar-refractivity contribution in [2.45, 2.75) is 95.3 Å². The number of carbonyl (C=O) groups is 1. The van der Waals surface area contributed by atoms with Crippen LogP contribution in [-0.4, -0.2) is 60.0 Å². The van der Waals surface area contributed by atoms with Gasteiger partial charge in [-0.3, -0.25) is 0 Å². The van der Waals surface area contributed by atoms with Crippen LogP contribution >= 0.6 is 11.6 Å². The van der Waals surface area contributed by atoms with Crippen LogP contribution in [0.2, 0.25) is 5.02 Å². The van der Waals surface area contributed by atoms with E-state index in [2.05, 4.69) is 10.6 Å². The molecule has 1 aromatic rings. The van der Waals surface area contributed by atoms with Gasteiger partial charge in [0.15, 0.2) is 0 Å². The Kier molecular flexibility index (Phi) is 11.2. The Hall–Kier alpha value is -1.34. The summed E-state index contributed by atoms with van der Waals surface area (Å²) in [5.74, 6) is 0.605. The van der Waals surface area contributed by atoms with E-state index in [1.165, 1.54) is 32.1 Å². The molecule has 35 heavy (non-hydrogen) atoms. The third-order valence-corrected chi connectivity index (χ3v) is 8.24. The lowest BCUT2D eigenvalue weighted by Crippen LogP contribution is -2.54. The minimum atomic E-state index is -1.09. The third kappa shape index (κ3) is 8.34. The number of likely N-dealkylation sites (tertiary alicyclic amines) is 1. The fourth-order valence-corrected chi connectivity index (χ4v) is 6.28. The number of halogens is 1. The smallest absolute Gasteiger partial charge is 0.317 e. The number of hydrogen-bond donors (Lipinski definition) is 4. The summed E-state index contributed by atoms with van der Waals surface area (Å²) >= 11 is 6.29. The lowest BCUT2D eigenvalue weighted by atomic mass is 9.74. The lowest BCUT2D eigenvalue weighted by Gasteiger charge is -2.43. The first-order valence-corrected chi connectivity index (χ1v) is 14.1. The van der Waals surface area contributed by atoms with Gasteiger partial charge in [0.25, 0.3) is 0 Å². The van der Waals surface area contributed by atoms with E-state index >= 15 is 0 Å². The fraction of sp³-hybridized carbons (Fsp3) is 0.750. The number of aliphatic hydroxyl groups excluding tert-OH is 1. The van der Waals surface area contributed by atoms with Crippen LogP contribution in [0, 0.1) is 11.8 Å². The fourth-order valence-electron chi connectivity index (χ4n) is 6.09. The van der Waals surface area contributed by atoms with Crippen molar-refractivity contribution >= 4 is 17.6 Å². The summed E-state index contributed by atoms with van der Waals surface area (Å²) in [6, 6.07) is 7.56. The molecule has 0 bridgehead atoms. The number of likely N-dealkylation sites (N-methyl/N-ethyl adjacent to an activating group) is 1. The van der Waals surface area contributed by atoms with Crippen LogP contribution in [0.25, 0.3) is 0 Å². The molecule has 0 aromatic heterocycles. The van der Waals surface area contributed by atoms with Gasteiger partial charge in [0.1, 0.15) is 0 Å². The second kappa shape index (κ2) is 13.8. The molecule has 0 radical (unpaired) electrons. The minimum Gasteiger partial charge on any atom is -0.393 e. The summed E-state index contributed by atoms with van der Waals surface area (Å²) in [5.41, 5.74) is -0.293. The number of carbonyl (C=O) groups excluding carboxylic acids is 1. The number of benzene rings is 1. The zero-order chi connectivity index (χ0) is 25.3. The van der Waals surface area contributed by atoms with Crippen LogP contribution in [0.3, 0.4) is 0 Å². The van der Waals surface area contributed by atoms with Crippen molar-refractivity contribution in [2.24, 2.45) is 11.8 Å². The lowest BCUT2D eigenvalue weighted by molar-refractivity contribution is -0.0569. The van der Waals surface area contributed by atoms with E-state index < -0.39 is 11.7 Å². The topological polar surface area (TPSA) is 84.8 Å². The number of aliphatic hydroxyl groups is 2. The second-order valence-electron chi connectivity index (χ2n) is 10.9. The largest absolute Gasteiger partial charge is 0.393 e. The Morgan fingerprint density at radius 1 is 1.23 bits per heavy atom. The van der Waals surface area contributed by atoms with Gasteiger partial charge in [-0.2, -0.15) is 0 Å². The van der Waals surface area contributed by atoms with E-state index in [1.54, 1.807) is 6.92 Å². The molecule has 6 nitrogen and oxygen atoms in total. The molecule has 1 aliphatic heterocycles. The van der Waals surface area contributed by atoms with Crippen LogP contribution in [0.4, 0.5) is 4.79 Å². The molecule has 1 aromatic carbocycles. The van der Waals surface area contributed by atoms with Gasteiger partial charge < -0.3 is 25.7 Å². The first-order valence-electron chi connectivity index (χ1n) is 13.7. The average Bonchev–Trinajstić information content (AvgIpc) is 2.84. The number of amides is 2. The van der Waals surface area contributed by atoms with E-state index in [9.17, 15) is 15.0 Å². The molecule has 3 rings (SSSR count). The van der Waals surface area contributed by atoms with E-state index in [0.29, 0.717) is 43.3 Å². The molecule has 2 fully saturated rings. The Bertz CT molecular complexity index is 786. The molecule has 7 heteroatoms. The number of nitrogens with zero attached hydrogens (tertiary/aromatic N) is 1. The van der Waals surface area contributed by atoms with Crippen molar-refractivity contribution in [1.82, 2.24) is 15.5 Å². The quantitative estimate of drug-likeness (QED) is 0.337. The SMILES string of the molecule is CNC[C@H](CC1CCCCC1)NC(=O)N1CCC[C@@H]([C@@](O)(CCCC(C)O)c2cccc(Cl)c2)C1. The predicted octanol–water partition coefficient (Wildman–Crippen LogP) is 5.06. The van der Waals surface area contributed by atoms with Crippen molar-refractivity contribution in [2.75, 3.05) is 26.7 Å². The van der Waals surface area contributed by atoms with Crippen molar-refractivity contribution in [3.8, 4) is 0 Å². The van der Waals surface area contributed by atoms with Gasteiger partial charge >= 0.3 is 6.03 Å². The number of hydrogen-bond acceptors (Lipinski definition) is 4. The summed E-state index contributed by atoms with van der Waals surface area (Å²) in [7, 11) is 1.94. The van der Waals surface area contributed by atoms with Crippen molar-refractivity contribution < 1.29 is 15.0 Å². The maximum Gasteiger partial charge on any atom is 0.317 e. The van der Waals surface area contributed by atoms with Crippen LogP contribution in [0.15, 0.2) is 24.3 Å². The third-order valence-electron chi connectivity index (χ3n) is 8.01. The highest BCUT2D eigenvalue weighted by Gasteiger charge is 2.41. The molecule has 1 unspecified atom stereocenters. The van der Waals surface area contributed by atoms with Gasteiger partial charge in [-0.15, -0.1) is 0 Å². The molecule has 1 heterocycles. The number of rotatable bonds is 11. The zero-order valence-corrected chi connectivity index (χ0v) is 22.4. The molecule has 1 saturated heterocycles. The van der Waals surface area contributed by atoms with Gasteiger partial charge in [-0.1, -0.05) is 55.8 Å². The molecule has 198 valence electrons. The standard InChI is InChI=1S/C28H46ClN3O3/c1-21(33)9-7-15-28(35,23-12-6-14-25(29)18-23)24-13-8-16-32(20-24)27(34)31-26(19-30-2)17-22-10-4-3-5-11-22/h6,12,14,18,21-22,24,26,30,33,35H,3-5,7-11,13,15-17,19-20H2,1-2H3,(H,31,34)/t21?,24-,26+,28-/m1/s1. The molecule has 0 spiro atoms. The first kappa shape index (κ1) is 28.2. The van der Waals surface area contributed by atoms with E-state index in [4.69, 9.17) is 11.6 Å². The van der Waals surface area contributed by atoms with Crippen molar-refractivity contribution in [3.63, 3.8) is 0 Å². The molecular formula is C28H46ClN3O3. The van der Waals surface area contributed by atoms with E-state index in [-0.39, 0.29) is 18.0 Å². The second-order valence-corrected chi connectivity index (χ2v) is 11.3. The van der Waals surface area contributed by atoms with E-state index in [0.717, 1.165) is 31.4 Å². The first-order chi connectivity index (χ1) is 16.8. The summed E-state index contributed by atoms with van der Waals surface area (Å²) in [6.45, 7) is 3.77. The molecule has 1 saturated carbocycles. The predicted molar refractivity (Wildman–Crippen MR) is 143 cm³/mol.